The molecule has 0 aliphatic rings. The van der Waals surface area contributed by atoms with Crippen molar-refractivity contribution in [2.45, 2.75) is 32.1 Å². The van der Waals surface area contributed by atoms with Crippen molar-refractivity contribution in [1.82, 2.24) is 4.72 Å². The molecule has 114 valence electrons. The predicted molar refractivity (Wildman–Crippen MR) is 84.0 cm³/mol. The summed E-state index contributed by atoms with van der Waals surface area (Å²) in [6.07, 6.45) is 0.525. The summed E-state index contributed by atoms with van der Waals surface area (Å²) in [6.45, 7) is 5.80. The van der Waals surface area contributed by atoms with E-state index in [4.69, 9.17) is 10.8 Å². The van der Waals surface area contributed by atoms with Gasteiger partial charge in [-0.25, -0.2) is 13.1 Å². The van der Waals surface area contributed by atoms with E-state index in [0.29, 0.717) is 22.1 Å². The zero-order valence-corrected chi connectivity index (χ0v) is 14.3. The molecular formula is C13H21BrN2O3S. The highest BCUT2D eigenvalue weighted by atomic mass is 79.9. The van der Waals surface area contributed by atoms with Crippen LogP contribution in [0.2, 0.25) is 0 Å². The number of aryl methyl sites for hydroxylation is 1. The molecule has 0 aromatic heterocycles. The first kappa shape index (κ1) is 17.4. The number of hydrogen-bond acceptors (Lipinski definition) is 4. The van der Waals surface area contributed by atoms with Gasteiger partial charge in [0.15, 0.2) is 0 Å². The molecule has 0 bridgehead atoms. The zero-order valence-electron chi connectivity index (χ0n) is 11.9. The van der Waals surface area contributed by atoms with Gasteiger partial charge in [0.25, 0.3) is 0 Å². The van der Waals surface area contributed by atoms with Crippen LogP contribution >= 0.6 is 15.9 Å². The van der Waals surface area contributed by atoms with Gasteiger partial charge in [-0.15, -0.1) is 0 Å². The van der Waals surface area contributed by atoms with Crippen LogP contribution in [-0.4, -0.2) is 26.7 Å². The lowest BCUT2D eigenvalue weighted by molar-refractivity contribution is 0.213. The van der Waals surface area contributed by atoms with Crippen LogP contribution in [0.15, 0.2) is 21.5 Å². The van der Waals surface area contributed by atoms with Gasteiger partial charge in [0, 0.05) is 23.3 Å². The largest absolute Gasteiger partial charge is 0.398 e. The molecule has 1 aromatic rings. The number of aliphatic hydroxyl groups excluding tert-OH is 1. The summed E-state index contributed by atoms with van der Waals surface area (Å²) < 4.78 is 27.9. The van der Waals surface area contributed by atoms with Gasteiger partial charge in [0.2, 0.25) is 10.0 Å². The van der Waals surface area contributed by atoms with E-state index in [2.05, 4.69) is 20.7 Å². The van der Waals surface area contributed by atoms with Crippen molar-refractivity contribution in [2.75, 3.05) is 18.9 Å². The number of rotatable bonds is 6. The Hall–Kier alpha value is -0.630. The fraction of sp³-hybridized carbons (Fsp3) is 0.538. The normalized spacial score (nSPS) is 12.7. The smallest absolute Gasteiger partial charge is 0.240 e. The molecule has 0 aliphatic carbocycles. The molecular weight excluding hydrogens is 344 g/mol. The Morgan fingerprint density at radius 3 is 2.55 bits per heavy atom. The Morgan fingerprint density at radius 2 is 2.00 bits per heavy atom. The second kappa shape index (κ2) is 6.43. The van der Waals surface area contributed by atoms with E-state index in [1.165, 1.54) is 6.07 Å². The molecule has 0 saturated carbocycles. The highest BCUT2D eigenvalue weighted by Gasteiger charge is 2.23. The first-order chi connectivity index (χ1) is 9.09. The van der Waals surface area contributed by atoms with Crippen LogP contribution < -0.4 is 10.5 Å². The minimum atomic E-state index is -3.61. The van der Waals surface area contributed by atoms with Crippen LogP contribution in [-0.2, 0) is 10.0 Å². The molecule has 0 amide bonds. The van der Waals surface area contributed by atoms with Gasteiger partial charge in [-0.3, -0.25) is 0 Å². The molecule has 0 saturated heterocycles. The fourth-order valence-corrected chi connectivity index (χ4v) is 3.68. The number of nitrogens with one attached hydrogen (secondary N) is 1. The number of aliphatic hydroxyl groups is 1. The van der Waals surface area contributed by atoms with Gasteiger partial charge in [-0.1, -0.05) is 13.8 Å². The second-order valence-corrected chi connectivity index (χ2v) is 8.19. The minimum Gasteiger partial charge on any atom is -0.398 e. The number of nitrogens with two attached hydrogens (primary N) is 1. The molecule has 5 nitrogen and oxygen atoms in total. The van der Waals surface area contributed by atoms with Crippen LogP contribution in [0.4, 0.5) is 5.69 Å². The topological polar surface area (TPSA) is 92.4 Å². The molecule has 1 rings (SSSR count). The summed E-state index contributed by atoms with van der Waals surface area (Å²) in [5.74, 6) is 0. The molecule has 0 aliphatic heterocycles. The van der Waals surface area contributed by atoms with Gasteiger partial charge in [0.05, 0.1) is 4.90 Å². The van der Waals surface area contributed by atoms with E-state index in [1.807, 2.05) is 13.8 Å². The monoisotopic (exact) mass is 364 g/mol. The molecule has 20 heavy (non-hydrogen) atoms. The van der Waals surface area contributed by atoms with Gasteiger partial charge in [0.1, 0.15) is 0 Å². The van der Waals surface area contributed by atoms with Crippen LogP contribution in [0.5, 0.6) is 0 Å². The maximum Gasteiger partial charge on any atom is 0.240 e. The number of nitrogen functional groups attached to an aromatic ring is 1. The van der Waals surface area contributed by atoms with Gasteiger partial charge >= 0.3 is 0 Å². The minimum absolute atomic E-state index is 0.0268. The van der Waals surface area contributed by atoms with Crippen molar-refractivity contribution in [3.8, 4) is 0 Å². The van der Waals surface area contributed by atoms with E-state index < -0.39 is 10.0 Å². The third kappa shape index (κ3) is 4.44. The van der Waals surface area contributed by atoms with E-state index >= 15 is 0 Å². The second-order valence-electron chi connectivity index (χ2n) is 5.60. The molecule has 0 spiro atoms. The molecule has 0 heterocycles. The Morgan fingerprint density at radius 1 is 1.40 bits per heavy atom. The van der Waals surface area contributed by atoms with Crippen LogP contribution in [0.3, 0.4) is 0 Å². The third-order valence-electron chi connectivity index (χ3n) is 3.11. The maximum absolute atomic E-state index is 12.3. The van der Waals surface area contributed by atoms with E-state index in [9.17, 15) is 8.42 Å². The number of halogens is 1. The molecule has 0 unspecified atom stereocenters. The van der Waals surface area contributed by atoms with Crippen LogP contribution in [0, 0.1) is 12.3 Å². The van der Waals surface area contributed by atoms with Gasteiger partial charge < -0.3 is 10.8 Å². The third-order valence-corrected chi connectivity index (χ3v) is 5.34. The highest BCUT2D eigenvalue weighted by Crippen LogP contribution is 2.27. The van der Waals surface area contributed by atoms with Crippen molar-refractivity contribution >= 4 is 31.6 Å². The first-order valence-electron chi connectivity index (χ1n) is 6.25. The summed E-state index contributed by atoms with van der Waals surface area (Å²) >= 11 is 3.27. The summed E-state index contributed by atoms with van der Waals surface area (Å²) in [4.78, 5) is 0.179. The standard InChI is InChI=1S/C13H21BrN2O3S/c1-9-6-10(14)11(15)7-12(9)20(18,19)16-8-13(2,3)4-5-17/h6-7,16-17H,4-5,8,15H2,1-3H3. The Labute approximate surface area is 128 Å². The Kier molecular flexibility index (Phi) is 5.60. The molecule has 1 aromatic carbocycles. The fourth-order valence-electron chi connectivity index (χ4n) is 1.72. The van der Waals surface area contributed by atoms with Gasteiger partial charge in [-0.05, 0) is 52.4 Å². The van der Waals surface area contributed by atoms with Crippen molar-refractivity contribution in [1.29, 1.82) is 0 Å². The molecule has 0 atom stereocenters. The number of benzene rings is 1. The van der Waals surface area contributed by atoms with Crippen molar-refractivity contribution in [3.05, 3.63) is 22.2 Å². The average Bonchev–Trinajstić information content (AvgIpc) is 2.31. The predicted octanol–water partition coefficient (Wildman–Crippen LogP) is 2.03. The number of hydrogen-bond donors (Lipinski definition) is 3. The van der Waals surface area contributed by atoms with Crippen LogP contribution in [0.1, 0.15) is 25.8 Å². The highest BCUT2D eigenvalue weighted by molar-refractivity contribution is 9.10. The molecule has 0 radical (unpaired) electrons. The SMILES string of the molecule is Cc1cc(Br)c(N)cc1S(=O)(=O)NCC(C)(C)CCO. The first-order valence-corrected chi connectivity index (χ1v) is 8.53. The lowest BCUT2D eigenvalue weighted by Crippen LogP contribution is -2.34. The Bertz CT molecular complexity index is 586. The van der Waals surface area contributed by atoms with E-state index in [1.54, 1.807) is 13.0 Å². The van der Waals surface area contributed by atoms with Crippen LogP contribution in [0.25, 0.3) is 0 Å². The Balaban J connectivity index is 2.98. The molecule has 4 N–H and O–H groups in total. The lowest BCUT2D eigenvalue weighted by Gasteiger charge is -2.24. The number of sulfonamides is 1. The lowest BCUT2D eigenvalue weighted by atomic mass is 9.90. The summed E-state index contributed by atoms with van der Waals surface area (Å²) in [7, 11) is -3.61. The zero-order chi connectivity index (χ0) is 15.6. The maximum atomic E-state index is 12.3. The quantitative estimate of drug-likeness (QED) is 0.673. The van der Waals surface area contributed by atoms with Crippen molar-refractivity contribution in [3.63, 3.8) is 0 Å². The van der Waals surface area contributed by atoms with E-state index in [0.717, 1.165) is 0 Å². The molecule has 7 heteroatoms. The van der Waals surface area contributed by atoms with E-state index in [-0.39, 0.29) is 23.5 Å². The summed E-state index contributed by atoms with van der Waals surface area (Å²) in [5.41, 5.74) is 6.44. The molecule has 0 fully saturated rings. The van der Waals surface area contributed by atoms with Gasteiger partial charge in [-0.2, -0.15) is 0 Å². The summed E-state index contributed by atoms with van der Waals surface area (Å²) in [6, 6.07) is 3.13. The summed E-state index contributed by atoms with van der Waals surface area (Å²) in [5, 5.41) is 8.96. The van der Waals surface area contributed by atoms with Crippen molar-refractivity contribution in [2.24, 2.45) is 5.41 Å². The van der Waals surface area contributed by atoms with Crippen molar-refractivity contribution < 1.29 is 13.5 Å². The number of anilines is 1. The average molecular weight is 365 g/mol.